The van der Waals surface area contributed by atoms with Crippen LogP contribution < -0.4 is 14.4 Å². The molecule has 0 saturated heterocycles. The zero-order chi connectivity index (χ0) is 12.5. The van der Waals surface area contributed by atoms with Crippen LogP contribution in [0.15, 0.2) is 24.3 Å². The molecule has 92 valence electrons. The molecule has 1 amide bonds. The molecular weight excluding hydrogens is 244 g/mol. The van der Waals surface area contributed by atoms with Crippen LogP contribution in [0.25, 0.3) is 0 Å². The monoisotopic (exact) mass is 256 g/mol. The average Bonchev–Trinajstić information content (AvgIpc) is 2.59. The van der Waals surface area contributed by atoms with Gasteiger partial charge in [-0.05, 0) is 12.1 Å². The highest BCUT2D eigenvalue weighted by Gasteiger charge is 2.22. The average molecular weight is 256 g/mol. The summed E-state index contributed by atoms with van der Waals surface area (Å²) in [5, 5.41) is 0. The second-order valence-electron chi connectivity index (χ2n) is 3.74. The van der Waals surface area contributed by atoms with Crippen molar-refractivity contribution in [3.05, 3.63) is 24.3 Å². The van der Waals surface area contributed by atoms with Gasteiger partial charge in [-0.3, -0.25) is 9.52 Å². The summed E-state index contributed by atoms with van der Waals surface area (Å²) in [6.45, 7) is 0.195. The van der Waals surface area contributed by atoms with E-state index in [1.807, 2.05) is 22.9 Å². The van der Waals surface area contributed by atoms with Crippen molar-refractivity contribution < 1.29 is 17.9 Å². The van der Waals surface area contributed by atoms with E-state index in [0.717, 1.165) is 11.9 Å². The van der Waals surface area contributed by atoms with Crippen molar-refractivity contribution in [1.82, 2.24) is 4.72 Å². The van der Waals surface area contributed by atoms with E-state index in [-0.39, 0.29) is 13.3 Å². The number of nitrogens with zero attached hydrogens (tertiary/aromatic N) is 1. The third-order valence-corrected chi connectivity index (χ3v) is 2.81. The highest BCUT2D eigenvalue weighted by atomic mass is 32.2. The molecule has 1 aromatic rings. The van der Waals surface area contributed by atoms with Crippen LogP contribution in [0.2, 0.25) is 0 Å². The predicted octanol–water partition coefficient (Wildman–Crippen LogP) is -0.0813. The van der Waals surface area contributed by atoms with Gasteiger partial charge in [0.15, 0.2) is 6.73 Å². The minimum Gasteiger partial charge on any atom is -0.471 e. The molecule has 1 aliphatic rings. The lowest BCUT2D eigenvalue weighted by Gasteiger charge is -2.15. The fraction of sp³-hybridized carbons (Fsp3) is 0.300. The number of rotatable bonds is 3. The highest BCUT2D eigenvalue weighted by molar-refractivity contribution is 7.89. The Morgan fingerprint density at radius 2 is 2.18 bits per heavy atom. The second-order valence-corrected chi connectivity index (χ2v) is 5.48. The summed E-state index contributed by atoms with van der Waals surface area (Å²) < 4.78 is 29.0. The van der Waals surface area contributed by atoms with Crippen molar-refractivity contribution in [2.24, 2.45) is 0 Å². The van der Waals surface area contributed by atoms with E-state index < -0.39 is 15.9 Å². The maximum atomic E-state index is 11.4. The molecule has 0 bridgehead atoms. The molecule has 0 unspecified atom stereocenters. The van der Waals surface area contributed by atoms with E-state index in [1.54, 1.807) is 11.0 Å². The van der Waals surface area contributed by atoms with Crippen LogP contribution in [0.4, 0.5) is 5.69 Å². The van der Waals surface area contributed by atoms with E-state index in [0.29, 0.717) is 5.75 Å². The summed E-state index contributed by atoms with van der Waals surface area (Å²) in [5.41, 5.74) is 0.788. The fourth-order valence-corrected chi connectivity index (χ4v) is 2.08. The summed E-state index contributed by atoms with van der Waals surface area (Å²) in [6.07, 6.45) is 0.944. The van der Waals surface area contributed by atoms with Crippen molar-refractivity contribution in [3.63, 3.8) is 0 Å². The number of nitrogens with one attached hydrogen (secondary N) is 1. The van der Waals surface area contributed by atoms with Gasteiger partial charge in [-0.1, -0.05) is 12.1 Å². The van der Waals surface area contributed by atoms with Gasteiger partial charge < -0.3 is 9.64 Å². The largest absolute Gasteiger partial charge is 0.471 e. The van der Waals surface area contributed by atoms with Gasteiger partial charge in [0.25, 0.3) is 5.91 Å². The van der Waals surface area contributed by atoms with Gasteiger partial charge in [-0.15, -0.1) is 0 Å². The molecule has 2 rings (SSSR count). The van der Waals surface area contributed by atoms with Crippen LogP contribution in [-0.4, -0.2) is 33.9 Å². The third kappa shape index (κ3) is 2.88. The molecule has 6 nitrogen and oxygen atoms in total. The lowest BCUT2D eigenvalue weighted by Crippen LogP contribution is -2.39. The number of hydrogen-bond donors (Lipinski definition) is 1. The topological polar surface area (TPSA) is 75.7 Å². The van der Waals surface area contributed by atoms with E-state index in [4.69, 9.17) is 4.74 Å². The Kier molecular flexibility index (Phi) is 2.93. The SMILES string of the molecule is CS(=O)(=O)NC(=O)CN1COc2ccccc21. The van der Waals surface area contributed by atoms with Crippen molar-refractivity contribution in [2.75, 3.05) is 24.4 Å². The number of hydrogen-bond acceptors (Lipinski definition) is 5. The summed E-state index contributed by atoms with van der Waals surface area (Å²) in [6, 6.07) is 7.27. The van der Waals surface area contributed by atoms with Crippen LogP contribution in [0.3, 0.4) is 0 Å². The first-order valence-corrected chi connectivity index (χ1v) is 6.82. The molecule has 0 atom stereocenters. The smallest absolute Gasteiger partial charge is 0.253 e. The molecule has 0 saturated carbocycles. The van der Waals surface area contributed by atoms with Crippen molar-refractivity contribution in [3.8, 4) is 5.75 Å². The lowest BCUT2D eigenvalue weighted by molar-refractivity contribution is -0.118. The maximum Gasteiger partial charge on any atom is 0.253 e. The number of carbonyl (C=O) groups is 1. The minimum atomic E-state index is -3.51. The molecule has 1 aliphatic heterocycles. The molecule has 0 aromatic heterocycles. The van der Waals surface area contributed by atoms with E-state index in [2.05, 4.69) is 0 Å². The van der Waals surface area contributed by atoms with Crippen molar-refractivity contribution >= 4 is 21.6 Å². The van der Waals surface area contributed by atoms with E-state index in [1.165, 1.54) is 0 Å². The Balaban J connectivity index is 2.05. The highest BCUT2D eigenvalue weighted by Crippen LogP contribution is 2.32. The molecule has 0 fully saturated rings. The second kappa shape index (κ2) is 4.25. The Morgan fingerprint density at radius 1 is 1.47 bits per heavy atom. The molecule has 0 aliphatic carbocycles. The predicted molar refractivity (Wildman–Crippen MR) is 62.3 cm³/mol. The first kappa shape index (κ1) is 11.7. The summed E-state index contributed by atoms with van der Waals surface area (Å²) in [5.74, 6) is 0.118. The molecule has 1 aromatic carbocycles. The minimum absolute atomic E-state index is 0.0515. The van der Waals surface area contributed by atoms with Gasteiger partial charge in [0.2, 0.25) is 10.0 Å². The zero-order valence-corrected chi connectivity index (χ0v) is 10.0. The van der Waals surface area contributed by atoms with Gasteiger partial charge in [-0.2, -0.15) is 0 Å². The molecule has 0 spiro atoms. The number of carbonyl (C=O) groups excluding carboxylic acids is 1. The van der Waals surface area contributed by atoms with Crippen LogP contribution in [0, 0.1) is 0 Å². The Hall–Kier alpha value is -1.76. The normalized spacial score (nSPS) is 14.1. The molecule has 17 heavy (non-hydrogen) atoms. The van der Waals surface area contributed by atoms with Crippen LogP contribution in [0.5, 0.6) is 5.75 Å². The van der Waals surface area contributed by atoms with Gasteiger partial charge in [0.05, 0.1) is 11.9 Å². The van der Waals surface area contributed by atoms with E-state index >= 15 is 0 Å². The molecule has 1 heterocycles. The van der Waals surface area contributed by atoms with E-state index in [9.17, 15) is 13.2 Å². The number of para-hydroxylation sites is 2. The molecule has 1 N–H and O–H groups in total. The molecule has 0 radical (unpaired) electrons. The van der Waals surface area contributed by atoms with Gasteiger partial charge in [0, 0.05) is 0 Å². The number of benzene rings is 1. The number of ether oxygens (including phenoxy) is 1. The maximum absolute atomic E-state index is 11.4. The lowest BCUT2D eigenvalue weighted by atomic mass is 10.3. The number of amides is 1. The summed E-state index contributed by atoms with van der Waals surface area (Å²) in [4.78, 5) is 13.1. The first-order valence-electron chi connectivity index (χ1n) is 4.93. The number of fused-ring (bicyclic) bond motifs is 1. The molecular formula is C10H12N2O4S. The van der Waals surface area contributed by atoms with Gasteiger partial charge in [-0.25, -0.2) is 8.42 Å². The Bertz CT molecular complexity index is 541. The molecule has 7 heteroatoms. The van der Waals surface area contributed by atoms with Gasteiger partial charge >= 0.3 is 0 Å². The summed E-state index contributed by atoms with van der Waals surface area (Å²) >= 11 is 0. The third-order valence-electron chi connectivity index (χ3n) is 2.22. The first-order chi connectivity index (χ1) is 7.96. The standard InChI is InChI=1S/C10H12N2O4S/c1-17(14,15)11-10(13)6-12-7-16-9-5-3-2-4-8(9)12/h2-5H,6-7H2,1H3,(H,11,13). The van der Waals surface area contributed by atoms with Crippen LogP contribution in [0.1, 0.15) is 0 Å². The quantitative estimate of drug-likeness (QED) is 0.818. The van der Waals surface area contributed by atoms with Crippen LogP contribution >= 0.6 is 0 Å². The van der Waals surface area contributed by atoms with Crippen molar-refractivity contribution in [1.29, 1.82) is 0 Å². The van der Waals surface area contributed by atoms with Crippen LogP contribution in [-0.2, 0) is 14.8 Å². The number of sulfonamides is 1. The van der Waals surface area contributed by atoms with Crippen molar-refractivity contribution in [2.45, 2.75) is 0 Å². The number of anilines is 1. The Labute approximate surface area is 99.2 Å². The summed E-state index contributed by atoms with van der Waals surface area (Å²) in [7, 11) is -3.51. The Morgan fingerprint density at radius 3 is 2.88 bits per heavy atom. The fourth-order valence-electron chi connectivity index (χ4n) is 1.60. The zero-order valence-electron chi connectivity index (χ0n) is 9.21. The van der Waals surface area contributed by atoms with Gasteiger partial charge in [0.1, 0.15) is 12.3 Å².